The maximum Gasteiger partial charge on any atom is 0.247 e. The molecule has 3 aromatic rings. The summed E-state index contributed by atoms with van der Waals surface area (Å²) in [5.74, 6) is 1.22. The third kappa shape index (κ3) is 4.09. The largest absolute Gasteiger partial charge is 0.419 e. The van der Waals surface area contributed by atoms with Crippen molar-refractivity contribution < 1.29 is 4.42 Å². The number of anilines is 1. The summed E-state index contributed by atoms with van der Waals surface area (Å²) in [5, 5.41) is 9.14. The number of benzene rings is 2. The third-order valence-electron chi connectivity index (χ3n) is 4.48. The van der Waals surface area contributed by atoms with Gasteiger partial charge in [0.15, 0.2) is 0 Å². The highest BCUT2D eigenvalue weighted by Gasteiger charge is 2.19. The molecule has 5 nitrogen and oxygen atoms in total. The zero-order chi connectivity index (χ0) is 17.9. The van der Waals surface area contributed by atoms with Gasteiger partial charge in [0.1, 0.15) is 0 Å². The fourth-order valence-corrected chi connectivity index (χ4v) is 3.42. The van der Waals surface area contributed by atoms with E-state index in [2.05, 4.69) is 48.1 Å². The predicted octanol–water partition coefficient (Wildman–Crippen LogP) is 4.47. The highest BCUT2D eigenvalue weighted by atomic mass is 79.9. The summed E-state index contributed by atoms with van der Waals surface area (Å²) >= 11 is 9.40. The Labute approximate surface area is 165 Å². The fraction of sp³-hybridized carbons (Fsp3) is 0.263. The molecule has 2 aromatic carbocycles. The van der Waals surface area contributed by atoms with Gasteiger partial charge in [-0.05, 0) is 48.5 Å². The van der Waals surface area contributed by atoms with Gasteiger partial charge < -0.3 is 9.32 Å². The van der Waals surface area contributed by atoms with Crippen LogP contribution in [0.15, 0.2) is 57.4 Å². The first-order valence-electron chi connectivity index (χ1n) is 8.48. The van der Waals surface area contributed by atoms with E-state index >= 15 is 0 Å². The van der Waals surface area contributed by atoms with E-state index < -0.39 is 0 Å². The third-order valence-corrected chi connectivity index (χ3v) is 5.26. The number of nitrogens with zero attached hydrogens (tertiary/aromatic N) is 4. The Hall–Kier alpha value is -1.89. The second-order valence-corrected chi connectivity index (χ2v) is 7.60. The summed E-state index contributed by atoms with van der Waals surface area (Å²) in [4.78, 5) is 4.71. The predicted molar refractivity (Wildman–Crippen MR) is 106 cm³/mol. The molecule has 0 spiro atoms. The van der Waals surface area contributed by atoms with Gasteiger partial charge >= 0.3 is 0 Å². The smallest absolute Gasteiger partial charge is 0.247 e. The molecule has 1 aliphatic heterocycles. The topological polar surface area (TPSA) is 45.4 Å². The van der Waals surface area contributed by atoms with E-state index in [1.54, 1.807) is 0 Å². The molecule has 0 amide bonds. The standard InChI is InChI=1S/C19H18BrClN4O/c20-15-3-1-14(2-4-15)19-23-22-18(26-19)13-24-9-11-25(12-10-24)17-7-5-16(21)6-8-17/h1-8H,9-13H2. The van der Waals surface area contributed by atoms with Crippen molar-refractivity contribution in [2.45, 2.75) is 6.54 Å². The van der Waals surface area contributed by atoms with Gasteiger partial charge in [-0.3, -0.25) is 4.90 Å². The second-order valence-electron chi connectivity index (χ2n) is 6.25. The first-order valence-corrected chi connectivity index (χ1v) is 9.66. The van der Waals surface area contributed by atoms with Crippen LogP contribution in [0.4, 0.5) is 5.69 Å². The van der Waals surface area contributed by atoms with Gasteiger partial charge in [-0.25, -0.2) is 0 Å². The molecule has 134 valence electrons. The lowest BCUT2D eigenvalue weighted by atomic mass is 10.2. The highest BCUT2D eigenvalue weighted by Crippen LogP contribution is 2.22. The normalized spacial score (nSPS) is 15.4. The van der Waals surface area contributed by atoms with Crippen molar-refractivity contribution in [3.8, 4) is 11.5 Å². The molecule has 0 saturated carbocycles. The monoisotopic (exact) mass is 432 g/mol. The quantitative estimate of drug-likeness (QED) is 0.607. The summed E-state index contributed by atoms with van der Waals surface area (Å²) < 4.78 is 6.86. The molecule has 0 bridgehead atoms. The molecule has 0 N–H and O–H groups in total. The van der Waals surface area contributed by atoms with Crippen molar-refractivity contribution >= 4 is 33.2 Å². The summed E-state index contributed by atoms with van der Waals surface area (Å²) in [6.45, 7) is 4.53. The second kappa shape index (κ2) is 7.78. The van der Waals surface area contributed by atoms with Crippen molar-refractivity contribution in [2.75, 3.05) is 31.1 Å². The molecule has 26 heavy (non-hydrogen) atoms. The Morgan fingerprint density at radius 3 is 2.31 bits per heavy atom. The van der Waals surface area contributed by atoms with Crippen LogP contribution in [0.5, 0.6) is 0 Å². The Kier molecular flexibility index (Phi) is 5.24. The molecule has 0 aliphatic carbocycles. The minimum Gasteiger partial charge on any atom is -0.419 e. The van der Waals surface area contributed by atoms with Crippen LogP contribution in [0.3, 0.4) is 0 Å². The molecule has 1 fully saturated rings. The number of hydrogen-bond acceptors (Lipinski definition) is 5. The number of hydrogen-bond donors (Lipinski definition) is 0. The van der Waals surface area contributed by atoms with E-state index in [9.17, 15) is 0 Å². The maximum atomic E-state index is 5.97. The zero-order valence-corrected chi connectivity index (χ0v) is 16.4. The van der Waals surface area contributed by atoms with Gasteiger partial charge in [-0.15, -0.1) is 10.2 Å². The molecule has 1 aromatic heterocycles. The SMILES string of the molecule is Clc1ccc(N2CCN(Cc3nnc(-c4ccc(Br)cc4)o3)CC2)cc1. The van der Waals surface area contributed by atoms with Crippen LogP contribution in [0, 0.1) is 0 Å². The van der Waals surface area contributed by atoms with Gasteiger partial charge in [-0.2, -0.15) is 0 Å². The first-order chi connectivity index (χ1) is 12.7. The van der Waals surface area contributed by atoms with E-state index in [1.165, 1.54) is 5.69 Å². The minimum absolute atomic E-state index is 0.562. The summed E-state index contributed by atoms with van der Waals surface area (Å²) in [6.07, 6.45) is 0. The average molecular weight is 434 g/mol. The number of halogens is 2. The van der Waals surface area contributed by atoms with Crippen LogP contribution in [-0.2, 0) is 6.54 Å². The van der Waals surface area contributed by atoms with E-state index in [1.807, 2.05) is 36.4 Å². The Bertz CT molecular complexity index is 858. The molecule has 1 saturated heterocycles. The summed E-state index contributed by atoms with van der Waals surface area (Å²) in [6, 6.07) is 15.9. The van der Waals surface area contributed by atoms with Crippen molar-refractivity contribution in [1.82, 2.24) is 15.1 Å². The van der Waals surface area contributed by atoms with Gasteiger partial charge in [-0.1, -0.05) is 27.5 Å². The fourth-order valence-electron chi connectivity index (χ4n) is 3.03. The summed E-state index contributed by atoms with van der Waals surface area (Å²) in [7, 11) is 0. The average Bonchev–Trinajstić information content (AvgIpc) is 3.12. The lowest BCUT2D eigenvalue weighted by Gasteiger charge is -2.35. The first kappa shape index (κ1) is 17.5. The van der Waals surface area contributed by atoms with Crippen LogP contribution in [0.25, 0.3) is 11.5 Å². The van der Waals surface area contributed by atoms with Gasteiger partial charge in [0.05, 0.1) is 6.54 Å². The van der Waals surface area contributed by atoms with Gasteiger partial charge in [0.25, 0.3) is 0 Å². The van der Waals surface area contributed by atoms with Gasteiger partial charge in [0, 0.05) is 46.9 Å². The number of aromatic nitrogens is 2. The van der Waals surface area contributed by atoms with Crippen molar-refractivity contribution in [1.29, 1.82) is 0 Å². The number of piperazine rings is 1. The van der Waals surface area contributed by atoms with E-state index in [4.69, 9.17) is 16.0 Å². The van der Waals surface area contributed by atoms with Crippen LogP contribution < -0.4 is 4.90 Å². The molecule has 1 aliphatic rings. The highest BCUT2D eigenvalue weighted by molar-refractivity contribution is 9.10. The van der Waals surface area contributed by atoms with Crippen molar-refractivity contribution in [3.05, 3.63) is 63.9 Å². The molecule has 7 heteroatoms. The van der Waals surface area contributed by atoms with E-state index in [-0.39, 0.29) is 0 Å². The Balaban J connectivity index is 1.34. The lowest BCUT2D eigenvalue weighted by molar-refractivity contribution is 0.227. The van der Waals surface area contributed by atoms with Gasteiger partial charge in [0.2, 0.25) is 11.8 Å². The molecule has 0 unspecified atom stereocenters. The molecule has 4 rings (SSSR count). The zero-order valence-electron chi connectivity index (χ0n) is 14.1. The maximum absolute atomic E-state index is 5.97. The van der Waals surface area contributed by atoms with Crippen LogP contribution in [0.2, 0.25) is 5.02 Å². The number of rotatable bonds is 4. The molecular weight excluding hydrogens is 416 g/mol. The van der Waals surface area contributed by atoms with Crippen molar-refractivity contribution in [2.24, 2.45) is 0 Å². The molecule has 0 radical (unpaired) electrons. The molecular formula is C19H18BrClN4O. The molecule has 2 heterocycles. The van der Waals surface area contributed by atoms with Crippen LogP contribution in [-0.4, -0.2) is 41.3 Å². The molecule has 0 atom stereocenters. The lowest BCUT2D eigenvalue weighted by Crippen LogP contribution is -2.46. The Morgan fingerprint density at radius 1 is 0.923 bits per heavy atom. The Morgan fingerprint density at radius 2 is 1.62 bits per heavy atom. The minimum atomic E-state index is 0.562. The van der Waals surface area contributed by atoms with Crippen molar-refractivity contribution in [3.63, 3.8) is 0 Å². The van der Waals surface area contributed by atoms with Crippen LogP contribution in [0.1, 0.15) is 5.89 Å². The van der Waals surface area contributed by atoms with Crippen LogP contribution >= 0.6 is 27.5 Å². The summed E-state index contributed by atoms with van der Waals surface area (Å²) in [5.41, 5.74) is 2.14. The van der Waals surface area contributed by atoms with E-state index in [0.717, 1.165) is 41.2 Å². The van der Waals surface area contributed by atoms with E-state index in [0.29, 0.717) is 18.3 Å².